The molecule has 1 aromatic rings. The van der Waals surface area contributed by atoms with Gasteiger partial charge in [-0.3, -0.25) is 0 Å². The Balaban J connectivity index is 2.28. The van der Waals surface area contributed by atoms with Crippen molar-refractivity contribution in [1.29, 1.82) is 0 Å². The van der Waals surface area contributed by atoms with Gasteiger partial charge in [0, 0.05) is 36.4 Å². The number of hydrogen-bond acceptors (Lipinski definition) is 3. The fourth-order valence-electron chi connectivity index (χ4n) is 2.70. The van der Waals surface area contributed by atoms with Crippen LogP contribution in [0.4, 0.5) is 5.69 Å². The Hall–Kier alpha value is -1.22. The summed E-state index contributed by atoms with van der Waals surface area (Å²) in [6, 6.07) is 8.12. The Kier molecular flexibility index (Phi) is 3.29. The van der Waals surface area contributed by atoms with E-state index in [0.29, 0.717) is 5.92 Å². The predicted octanol–water partition coefficient (Wildman–Crippen LogP) is 2.29. The molecular formula is C14H21NO2. The van der Waals surface area contributed by atoms with E-state index in [1.54, 1.807) is 7.11 Å². The molecule has 3 heteroatoms. The van der Waals surface area contributed by atoms with Crippen molar-refractivity contribution >= 4 is 5.69 Å². The number of methoxy groups -OCH3 is 1. The van der Waals surface area contributed by atoms with Crippen molar-refractivity contribution in [2.24, 2.45) is 5.92 Å². The largest absolute Gasteiger partial charge is 0.497 e. The highest BCUT2D eigenvalue weighted by molar-refractivity contribution is 5.54. The van der Waals surface area contributed by atoms with Gasteiger partial charge in [0.05, 0.1) is 7.11 Å². The molecule has 1 saturated heterocycles. The summed E-state index contributed by atoms with van der Waals surface area (Å²) in [7, 11) is 1.69. The van der Waals surface area contributed by atoms with Gasteiger partial charge in [0.2, 0.25) is 0 Å². The first-order valence-electron chi connectivity index (χ1n) is 6.12. The quantitative estimate of drug-likeness (QED) is 0.872. The molecule has 1 fully saturated rings. The molecule has 0 aromatic heterocycles. The zero-order chi connectivity index (χ0) is 12.5. The lowest BCUT2D eigenvalue weighted by molar-refractivity contribution is 0.189. The number of benzene rings is 1. The molecule has 1 unspecified atom stereocenters. The SMILES string of the molecule is COc1cccc(N2CCC(CO)C2(C)C)c1. The molecule has 1 N–H and O–H groups in total. The van der Waals surface area contributed by atoms with E-state index in [0.717, 1.165) is 18.7 Å². The van der Waals surface area contributed by atoms with Crippen LogP contribution in [-0.4, -0.2) is 30.9 Å². The van der Waals surface area contributed by atoms with Crippen LogP contribution >= 0.6 is 0 Å². The van der Waals surface area contributed by atoms with Crippen LogP contribution in [0.15, 0.2) is 24.3 Å². The molecule has 1 atom stereocenters. The first kappa shape index (κ1) is 12.2. The van der Waals surface area contributed by atoms with E-state index in [4.69, 9.17) is 4.74 Å². The Morgan fingerprint density at radius 1 is 1.47 bits per heavy atom. The minimum Gasteiger partial charge on any atom is -0.497 e. The molecular weight excluding hydrogens is 214 g/mol. The van der Waals surface area contributed by atoms with Crippen molar-refractivity contribution in [1.82, 2.24) is 0 Å². The number of rotatable bonds is 3. The Morgan fingerprint density at radius 2 is 2.24 bits per heavy atom. The molecule has 0 radical (unpaired) electrons. The maximum Gasteiger partial charge on any atom is 0.120 e. The van der Waals surface area contributed by atoms with E-state index in [1.165, 1.54) is 5.69 Å². The third-order valence-corrected chi connectivity index (χ3v) is 3.98. The number of nitrogens with zero attached hydrogens (tertiary/aromatic N) is 1. The van der Waals surface area contributed by atoms with Crippen LogP contribution in [0.2, 0.25) is 0 Å². The third kappa shape index (κ3) is 2.12. The van der Waals surface area contributed by atoms with Gasteiger partial charge in [-0.25, -0.2) is 0 Å². The van der Waals surface area contributed by atoms with E-state index in [9.17, 15) is 5.11 Å². The molecule has 3 nitrogen and oxygen atoms in total. The van der Waals surface area contributed by atoms with E-state index in [2.05, 4.69) is 30.9 Å². The molecule has 1 heterocycles. The summed E-state index contributed by atoms with van der Waals surface area (Å²) in [5, 5.41) is 9.42. The minimum atomic E-state index is 0.00111. The maximum atomic E-state index is 9.42. The van der Waals surface area contributed by atoms with Gasteiger partial charge in [0.25, 0.3) is 0 Å². The standard InChI is InChI=1S/C14H21NO2/c1-14(2)11(10-16)7-8-15(14)12-5-4-6-13(9-12)17-3/h4-6,9,11,16H,7-8,10H2,1-3H3. The maximum absolute atomic E-state index is 9.42. The molecule has 17 heavy (non-hydrogen) atoms. The second-order valence-corrected chi connectivity index (χ2v) is 5.17. The van der Waals surface area contributed by atoms with Gasteiger partial charge in [-0.15, -0.1) is 0 Å². The van der Waals surface area contributed by atoms with Crippen molar-refractivity contribution in [3.63, 3.8) is 0 Å². The number of aliphatic hydroxyl groups excluding tert-OH is 1. The number of ether oxygens (including phenoxy) is 1. The van der Waals surface area contributed by atoms with Gasteiger partial charge in [-0.2, -0.15) is 0 Å². The summed E-state index contributed by atoms with van der Waals surface area (Å²) in [5.74, 6) is 1.22. The van der Waals surface area contributed by atoms with Crippen LogP contribution in [-0.2, 0) is 0 Å². The summed E-state index contributed by atoms with van der Waals surface area (Å²) in [4.78, 5) is 2.36. The Labute approximate surface area is 103 Å². The van der Waals surface area contributed by atoms with Gasteiger partial charge in [0.1, 0.15) is 5.75 Å². The van der Waals surface area contributed by atoms with Gasteiger partial charge in [0.15, 0.2) is 0 Å². The Morgan fingerprint density at radius 3 is 2.82 bits per heavy atom. The Bertz CT molecular complexity index is 390. The smallest absolute Gasteiger partial charge is 0.120 e. The predicted molar refractivity (Wildman–Crippen MR) is 69.6 cm³/mol. The van der Waals surface area contributed by atoms with Crippen LogP contribution in [0.25, 0.3) is 0 Å². The van der Waals surface area contributed by atoms with Crippen molar-refractivity contribution in [2.75, 3.05) is 25.2 Å². The minimum absolute atomic E-state index is 0.00111. The van der Waals surface area contributed by atoms with Crippen molar-refractivity contribution in [2.45, 2.75) is 25.8 Å². The number of anilines is 1. The molecule has 0 amide bonds. The average Bonchev–Trinajstić information content (AvgIpc) is 2.64. The fourth-order valence-corrected chi connectivity index (χ4v) is 2.70. The lowest BCUT2D eigenvalue weighted by Gasteiger charge is -2.37. The molecule has 94 valence electrons. The average molecular weight is 235 g/mol. The molecule has 0 bridgehead atoms. The van der Waals surface area contributed by atoms with E-state index in [-0.39, 0.29) is 12.1 Å². The van der Waals surface area contributed by atoms with Crippen molar-refractivity contribution in [3.8, 4) is 5.75 Å². The fraction of sp³-hybridized carbons (Fsp3) is 0.571. The molecule has 1 aliphatic heterocycles. The van der Waals surface area contributed by atoms with Crippen LogP contribution in [0.5, 0.6) is 5.75 Å². The number of aliphatic hydroxyl groups is 1. The van der Waals surface area contributed by atoms with Gasteiger partial charge >= 0.3 is 0 Å². The molecule has 0 spiro atoms. The van der Waals surface area contributed by atoms with E-state index < -0.39 is 0 Å². The topological polar surface area (TPSA) is 32.7 Å². The molecule has 0 aliphatic carbocycles. The molecule has 1 aliphatic rings. The van der Waals surface area contributed by atoms with E-state index in [1.807, 2.05) is 12.1 Å². The van der Waals surface area contributed by atoms with Gasteiger partial charge in [-0.1, -0.05) is 6.07 Å². The highest BCUT2D eigenvalue weighted by atomic mass is 16.5. The molecule has 0 saturated carbocycles. The first-order chi connectivity index (χ1) is 8.09. The summed E-state index contributed by atoms with van der Waals surface area (Å²) in [6.07, 6.45) is 1.04. The molecule has 2 rings (SSSR count). The summed E-state index contributed by atoms with van der Waals surface area (Å²) >= 11 is 0. The zero-order valence-corrected chi connectivity index (χ0v) is 10.8. The van der Waals surface area contributed by atoms with Gasteiger partial charge < -0.3 is 14.7 Å². The highest BCUT2D eigenvalue weighted by Gasteiger charge is 2.40. The van der Waals surface area contributed by atoms with Crippen LogP contribution < -0.4 is 9.64 Å². The van der Waals surface area contributed by atoms with Crippen molar-refractivity contribution < 1.29 is 9.84 Å². The highest BCUT2D eigenvalue weighted by Crippen LogP contribution is 2.38. The third-order valence-electron chi connectivity index (χ3n) is 3.98. The monoisotopic (exact) mass is 235 g/mol. The summed E-state index contributed by atoms with van der Waals surface area (Å²) < 4.78 is 5.26. The lowest BCUT2D eigenvalue weighted by atomic mass is 9.89. The first-order valence-corrected chi connectivity index (χ1v) is 6.12. The summed E-state index contributed by atoms with van der Waals surface area (Å²) in [6.45, 7) is 5.64. The summed E-state index contributed by atoms with van der Waals surface area (Å²) in [5.41, 5.74) is 1.17. The van der Waals surface area contributed by atoms with Gasteiger partial charge in [-0.05, 0) is 32.4 Å². The second-order valence-electron chi connectivity index (χ2n) is 5.17. The second kappa shape index (κ2) is 4.57. The van der Waals surface area contributed by atoms with Crippen LogP contribution in [0.1, 0.15) is 20.3 Å². The lowest BCUT2D eigenvalue weighted by Crippen LogP contribution is -2.43. The van der Waals surface area contributed by atoms with Crippen LogP contribution in [0, 0.1) is 5.92 Å². The van der Waals surface area contributed by atoms with Crippen molar-refractivity contribution in [3.05, 3.63) is 24.3 Å². The molecule has 1 aromatic carbocycles. The normalized spacial score (nSPS) is 22.8. The van der Waals surface area contributed by atoms with Crippen LogP contribution in [0.3, 0.4) is 0 Å². The van der Waals surface area contributed by atoms with E-state index >= 15 is 0 Å². The number of hydrogen-bond donors (Lipinski definition) is 1. The zero-order valence-electron chi connectivity index (χ0n) is 10.8.